The van der Waals surface area contributed by atoms with E-state index in [0.29, 0.717) is 22.8 Å². The van der Waals surface area contributed by atoms with E-state index in [0.717, 1.165) is 12.1 Å². The van der Waals surface area contributed by atoms with Crippen LogP contribution < -0.4 is 15.4 Å². The zero-order chi connectivity index (χ0) is 18.5. The highest BCUT2D eigenvalue weighted by atomic mass is 19.1. The number of nitrogens with one attached hydrogen (secondary N) is 2. The lowest BCUT2D eigenvalue weighted by Gasteiger charge is -2.09. The van der Waals surface area contributed by atoms with E-state index in [1.165, 1.54) is 19.4 Å². The Bertz CT molecular complexity index is 930. The van der Waals surface area contributed by atoms with Gasteiger partial charge in [0.05, 0.1) is 24.7 Å². The quantitative estimate of drug-likeness (QED) is 0.714. The second-order valence-corrected chi connectivity index (χ2v) is 5.37. The lowest BCUT2D eigenvalue weighted by Crippen LogP contribution is -2.13. The number of aromatic nitrogens is 1. The number of halogens is 2. The van der Waals surface area contributed by atoms with Gasteiger partial charge in [0.2, 0.25) is 0 Å². The minimum Gasteiger partial charge on any atom is -0.497 e. The number of ether oxygens (including phenoxy) is 1. The highest BCUT2D eigenvalue weighted by Crippen LogP contribution is 2.21. The van der Waals surface area contributed by atoms with Crippen LogP contribution in [-0.2, 0) is 0 Å². The van der Waals surface area contributed by atoms with Crippen LogP contribution in [-0.4, -0.2) is 18.0 Å². The predicted octanol–water partition coefficient (Wildman–Crippen LogP) is 4.36. The fraction of sp³-hybridized carbons (Fsp3) is 0.0526. The first kappa shape index (κ1) is 17.3. The molecule has 0 aliphatic heterocycles. The van der Waals surface area contributed by atoms with Gasteiger partial charge in [-0.15, -0.1) is 0 Å². The van der Waals surface area contributed by atoms with Crippen LogP contribution in [0.5, 0.6) is 5.75 Å². The van der Waals surface area contributed by atoms with Crippen molar-refractivity contribution in [2.45, 2.75) is 0 Å². The molecule has 0 radical (unpaired) electrons. The van der Waals surface area contributed by atoms with Gasteiger partial charge in [0, 0.05) is 11.6 Å². The molecule has 0 bridgehead atoms. The highest BCUT2D eigenvalue weighted by molar-refractivity contribution is 6.04. The molecule has 0 atom stereocenters. The van der Waals surface area contributed by atoms with E-state index in [2.05, 4.69) is 15.6 Å². The van der Waals surface area contributed by atoms with Crippen LogP contribution in [0.1, 0.15) is 10.4 Å². The third-order valence-electron chi connectivity index (χ3n) is 3.55. The Kier molecular flexibility index (Phi) is 5.07. The molecule has 0 fully saturated rings. The van der Waals surface area contributed by atoms with Gasteiger partial charge in [-0.1, -0.05) is 6.07 Å². The van der Waals surface area contributed by atoms with E-state index in [1.54, 1.807) is 36.4 Å². The molecule has 1 amide bonds. The van der Waals surface area contributed by atoms with Crippen LogP contribution in [0.3, 0.4) is 0 Å². The smallest absolute Gasteiger partial charge is 0.256 e. The van der Waals surface area contributed by atoms with Crippen LogP contribution in [0.4, 0.5) is 26.0 Å². The molecule has 0 saturated heterocycles. The molecule has 1 heterocycles. The lowest BCUT2D eigenvalue weighted by molar-refractivity contribution is 0.102. The van der Waals surface area contributed by atoms with E-state index in [1.807, 2.05) is 0 Å². The SMILES string of the molecule is COc1cccc(C(=O)Nc2ccc(Nc3ccc(F)cc3F)cn2)c1. The molecule has 3 rings (SSSR count). The molecule has 2 N–H and O–H groups in total. The van der Waals surface area contributed by atoms with Crippen LogP contribution >= 0.6 is 0 Å². The summed E-state index contributed by atoms with van der Waals surface area (Å²) < 4.78 is 31.7. The standard InChI is InChI=1S/C19H15F2N3O2/c1-26-15-4-2-3-12(9-15)19(25)24-18-8-6-14(11-22-18)23-17-7-5-13(20)10-16(17)21/h2-11,23H,1H3,(H,22,24,25). The number of hydrogen-bond acceptors (Lipinski definition) is 4. The number of benzene rings is 2. The number of rotatable bonds is 5. The van der Waals surface area contributed by atoms with E-state index in [4.69, 9.17) is 4.74 Å². The molecule has 0 saturated carbocycles. The number of amides is 1. The summed E-state index contributed by atoms with van der Waals surface area (Å²) in [5.74, 6) is -0.779. The number of pyridine rings is 1. The van der Waals surface area contributed by atoms with Crippen LogP contribution in [0.25, 0.3) is 0 Å². The van der Waals surface area contributed by atoms with Gasteiger partial charge in [-0.3, -0.25) is 4.79 Å². The number of carbonyl (C=O) groups excluding carboxylic acids is 1. The molecule has 3 aromatic rings. The fourth-order valence-corrected chi connectivity index (χ4v) is 2.24. The normalized spacial score (nSPS) is 10.3. The maximum absolute atomic E-state index is 13.6. The number of anilines is 3. The van der Waals surface area contributed by atoms with Gasteiger partial charge >= 0.3 is 0 Å². The highest BCUT2D eigenvalue weighted by Gasteiger charge is 2.09. The van der Waals surface area contributed by atoms with Crippen molar-refractivity contribution in [1.29, 1.82) is 0 Å². The average Bonchev–Trinajstić information content (AvgIpc) is 2.65. The first-order chi connectivity index (χ1) is 12.5. The Labute approximate surface area is 148 Å². The van der Waals surface area contributed by atoms with Crippen LogP contribution in [0.2, 0.25) is 0 Å². The molecular formula is C19H15F2N3O2. The number of methoxy groups -OCH3 is 1. The molecule has 0 spiro atoms. The monoisotopic (exact) mass is 355 g/mol. The largest absolute Gasteiger partial charge is 0.497 e. The van der Waals surface area contributed by atoms with Crippen molar-refractivity contribution in [2.75, 3.05) is 17.7 Å². The van der Waals surface area contributed by atoms with Gasteiger partial charge in [0.1, 0.15) is 23.2 Å². The Balaban J connectivity index is 1.68. The summed E-state index contributed by atoms with van der Waals surface area (Å²) in [6.07, 6.45) is 1.43. The zero-order valence-electron chi connectivity index (χ0n) is 13.8. The van der Waals surface area contributed by atoms with Crippen molar-refractivity contribution in [3.05, 3.63) is 78.0 Å². The van der Waals surface area contributed by atoms with Crippen molar-refractivity contribution in [3.8, 4) is 5.75 Å². The topological polar surface area (TPSA) is 63.2 Å². The van der Waals surface area contributed by atoms with Crippen molar-refractivity contribution in [2.24, 2.45) is 0 Å². The summed E-state index contributed by atoms with van der Waals surface area (Å²) in [5.41, 5.74) is 1.05. The molecule has 132 valence electrons. The average molecular weight is 355 g/mol. The Morgan fingerprint density at radius 1 is 1.08 bits per heavy atom. The van der Waals surface area contributed by atoms with Crippen LogP contribution in [0.15, 0.2) is 60.8 Å². The molecule has 26 heavy (non-hydrogen) atoms. The van der Waals surface area contributed by atoms with Gasteiger partial charge < -0.3 is 15.4 Å². The van der Waals surface area contributed by atoms with Gasteiger partial charge in [0.25, 0.3) is 5.91 Å². The minimum absolute atomic E-state index is 0.126. The number of nitrogens with zero attached hydrogens (tertiary/aromatic N) is 1. The first-order valence-corrected chi connectivity index (χ1v) is 7.69. The molecule has 0 unspecified atom stereocenters. The summed E-state index contributed by atoms with van der Waals surface area (Å²) >= 11 is 0. The maximum Gasteiger partial charge on any atom is 0.256 e. The van der Waals surface area contributed by atoms with E-state index in [-0.39, 0.29) is 11.6 Å². The molecule has 7 heteroatoms. The first-order valence-electron chi connectivity index (χ1n) is 7.69. The lowest BCUT2D eigenvalue weighted by atomic mass is 10.2. The molecular weight excluding hydrogens is 340 g/mol. The summed E-state index contributed by atoms with van der Waals surface area (Å²) in [7, 11) is 1.52. The molecule has 0 aliphatic rings. The van der Waals surface area contributed by atoms with E-state index >= 15 is 0 Å². The number of carbonyl (C=O) groups is 1. The van der Waals surface area contributed by atoms with Gasteiger partial charge in [0.15, 0.2) is 0 Å². The van der Waals surface area contributed by atoms with Crippen molar-refractivity contribution in [1.82, 2.24) is 4.98 Å². The van der Waals surface area contributed by atoms with Gasteiger partial charge in [-0.25, -0.2) is 13.8 Å². The number of hydrogen-bond donors (Lipinski definition) is 2. The van der Waals surface area contributed by atoms with Crippen molar-refractivity contribution in [3.63, 3.8) is 0 Å². The second-order valence-electron chi connectivity index (χ2n) is 5.37. The molecule has 0 aliphatic carbocycles. The van der Waals surface area contributed by atoms with Crippen molar-refractivity contribution >= 4 is 23.1 Å². The van der Waals surface area contributed by atoms with Gasteiger partial charge in [-0.05, 0) is 42.5 Å². The third kappa shape index (κ3) is 4.13. The fourth-order valence-electron chi connectivity index (χ4n) is 2.24. The zero-order valence-corrected chi connectivity index (χ0v) is 13.8. The Hall–Kier alpha value is -3.48. The molecule has 1 aromatic heterocycles. The predicted molar refractivity (Wildman–Crippen MR) is 94.8 cm³/mol. The van der Waals surface area contributed by atoms with E-state index < -0.39 is 11.6 Å². The summed E-state index contributed by atoms with van der Waals surface area (Å²) in [5, 5.41) is 5.46. The van der Waals surface area contributed by atoms with Crippen LogP contribution in [0, 0.1) is 11.6 Å². The Morgan fingerprint density at radius 3 is 2.62 bits per heavy atom. The Morgan fingerprint density at radius 2 is 1.92 bits per heavy atom. The molecule has 5 nitrogen and oxygen atoms in total. The van der Waals surface area contributed by atoms with E-state index in [9.17, 15) is 13.6 Å². The molecule has 2 aromatic carbocycles. The minimum atomic E-state index is -0.708. The second kappa shape index (κ2) is 7.60. The third-order valence-corrected chi connectivity index (χ3v) is 3.55. The summed E-state index contributed by atoms with van der Waals surface area (Å²) in [6, 6.07) is 13.2. The summed E-state index contributed by atoms with van der Waals surface area (Å²) in [4.78, 5) is 16.3. The van der Waals surface area contributed by atoms with Gasteiger partial charge in [-0.2, -0.15) is 0 Å². The summed E-state index contributed by atoms with van der Waals surface area (Å²) in [6.45, 7) is 0. The van der Waals surface area contributed by atoms with Crippen molar-refractivity contribution < 1.29 is 18.3 Å². The maximum atomic E-state index is 13.6.